The molecule has 30 heteroatoms. The Labute approximate surface area is 737 Å². The van der Waals surface area contributed by atoms with Crippen LogP contribution in [0, 0.1) is 116 Å². The maximum absolute atomic E-state index is 13.4. The first-order valence-electron chi connectivity index (χ1n) is 44.3. The standard InChI is InChI=1S/2C46H55O6S.C4H2F8O6S2/c2*1-30-36-18-32-16-33(19-36)23-45(30,22-32)26-43(47)51-28-49-39-12-6-8-14-41(39)53(38-10-4-3-5-11-38)42-15-9-7-13-40(42)50-29-52-44(48)27-46-24-34-17-35(25-46)21-37(20-34)31(46)2;5-1(6,3(9,10)19(13,14)15)2(7,8)4(11,12)20(16,17)18/h2*3-15,30-37H,16-29H2,1-2H3;(H,13,14,15)(H,16,17,18)/q2*+1;/p-2. The van der Waals surface area contributed by atoms with E-state index in [0.717, 1.165) is 100 Å². The molecule has 6 aromatic rings. The normalized spacial score (nSPS) is 32.1. The van der Waals surface area contributed by atoms with Crippen molar-refractivity contribution in [2.45, 2.75) is 234 Å². The summed E-state index contributed by atoms with van der Waals surface area (Å²) in [6.45, 7) is 9.01. The van der Waals surface area contributed by atoms with Crippen LogP contribution in [0.4, 0.5) is 35.1 Å². The third-order valence-corrected chi connectivity index (χ3v) is 38.1. The van der Waals surface area contributed by atoms with Crippen LogP contribution in [0.25, 0.3) is 0 Å². The minimum atomic E-state index is -7.68. The summed E-state index contributed by atoms with van der Waals surface area (Å²) in [7, 11) is -16.4. The van der Waals surface area contributed by atoms with Crippen LogP contribution in [-0.4, -0.2) is 99.3 Å². The number of benzene rings is 6. The van der Waals surface area contributed by atoms with Gasteiger partial charge in [0.25, 0.3) is 0 Å². The number of para-hydroxylation sites is 4. The van der Waals surface area contributed by atoms with Gasteiger partial charge in [-0.1, -0.05) is 113 Å². The molecule has 0 heterocycles. The van der Waals surface area contributed by atoms with E-state index in [1.54, 1.807) is 0 Å². The van der Waals surface area contributed by atoms with Gasteiger partial charge in [-0.2, -0.15) is 35.1 Å². The molecular weight excluding hydrogens is 1720 g/mol. The fourth-order valence-electron chi connectivity index (χ4n) is 26.6. The molecule has 0 N–H and O–H groups in total. The van der Waals surface area contributed by atoms with E-state index in [0.29, 0.717) is 72.4 Å². The highest BCUT2D eigenvalue weighted by molar-refractivity contribution is 7.97. The van der Waals surface area contributed by atoms with E-state index >= 15 is 0 Å². The Morgan fingerprint density at radius 3 is 0.706 bits per heavy atom. The monoisotopic (exact) mass is 1830 g/mol. The summed E-state index contributed by atoms with van der Waals surface area (Å²) >= 11 is 0. The Morgan fingerprint density at radius 2 is 0.508 bits per heavy atom. The van der Waals surface area contributed by atoms with Crippen LogP contribution in [0.1, 0.15) is 182 Å². The Morgan fingerprint density at radius 1 is 0.317 bits per heavy atom. The summed E-state index contributed by atoms with van der Waals surface area (Å²) in [6.07, 6.45) is 27.5. The van der Waals surface area contributed by atoms with Crippen LogP contribution in [0.5, 0.6) is 23.0 Å². The van der Waals surface area contributed by atoms with Gasteiger partial charge in [-0.05, 0) is 318 Å². The lowest BCUT2D eigenvalue weighted by atomic mass is 9.45. The van der Waals surface area contributed by atoms with E-state index < -0.39 is 64.4 Å². The highest BCUT2D eigenvalue weighted by Crippen LogP contribution is 2.69. The van der Waals surface area contributed by atoms with Crippen LogP contribution in [0.3, 0.4) is 0 Å². The van der Waals surface area contributed by atoms with Gasteiger partial charge in [0.05, 0.1) is 25.7 Å². The number of ether oxygens (including phenoxy) is 8. The van der Waals surface area contributed by atoms with Gasteiger partial charge >= 0.3 is 46.2 Å². The predicted octanol–water partition coefficient (Wildman–Crippen LogP) is 21.0. The maximum atomic E-state index is 13.4. The third kappa shape index (κ3) is 18.0. The lowest BCUT2D eigenvalue weighted by Crippen LogP contribution is -2.66. The van der Waals surface area contributed by atoms with Crippen molar-refractivity contribution in [1.29, 1.82) is 0 Å². The molecule has 12 atom stereocenters. The first-order valence-corrected chi connectivity index (χ1v) is 49.6. The molecule has 18 nitrogen and oxygen atoms in total. The number of hydrogen-bond acceptors (Lipinski definition) is 18. The number of halogens is 8. The highest BCUT2D eigenvalue weighted by atomic mass is 32.2. The lowest BCUT2D eigenvalue weighted by molar-refractivity contribution is -0.327. The zero-order valence-electron chi connectivity index (χ0n) is 71.1. The Hall–Kier alpha value is -7.64. The smallest absolute Gasteiger partial charge is 0.402 e. The zero-order valence-corrected chi connectivity index (χ0v) is 74.3. The summed E-state index contributed by atoms with van der Waals surface area (Å²) in [5.41, 5.74) is 0.368. The molecule has 16 fully saturated rings. The van der Waals surface area contributed by atoms with E-state index in [2.05, 4.69) is 76.2 Å². The van der Waals surface area contributed by atoms with Gasteiger partial charge in [0, 0.05) is 0 Å². The number of alkyl halides is 8. The Balaban J connectivity index is 0.000000153. The van der Waals surface area contributed by atoms with Crippen molar-refractivity contribution in [3.8, 4) is 23.0 Å². The molecule has 0 spiro atoms. The minimum absolute atomic E-state index is 0.0921. The van der Waals surface area contributed by atoms with E-state index in [9.17, 15) is 80.2 Å². The molecule has 0 amide bonds. The first-order chi connectivity index (χ1) is 59.8. The summed E-state index contributed by atoms with van der Waals surface area (Å²) in [6, 6.07) is 52.7. The van der Waals surface area contributed by atoms with Crippen LogP contribution >= 0.6 is 0 Å². The van der Waals surface area contributed by atoms with Gasteiger partial charge in [-0.3, -0.25) is 19.2 Å². The molecule has 22 rings (SSSR count). The second kappa shape index (κ2) is 35.9. The maximum Gasteiger partial charge on any atom is 0.402 e. The fourth-order valence-corrected chi connectivity index (χ4v) is 32.0. The molecule has 0 radical (unpaired) electrons. The summed E-state index contributed by atoms with van der Waals surface area (Å²) < 4.78 is 207. The molecular formula is C96H110F8O18S4. The molecule has 126 heavy (non-hydrogen) atoms. The van der Waals surface area contributed by atoms with Crippen LogP contribution in [-0.2, 0) is 80.2 Å². The van der Waals surface area contributed by atoms with Crippen molar-refractivity contribution >= 4 is 65.9 Å². The van der Waals surface area contributed by atoms with E-state index in [-0.39, 0.29) is 72.7 Å². The van der Waals surface area contributed by atoms with Crippen molar-refractivity contribution in [2.75, 3.05) is 27.2 Å². The van der Waals surface area contributed by atoms with E-state index in [1.807, 2.05) is 109 Å². The molecule has 16 bridgehead atoms. The SMILES string of the molecule is CC1C2CC3CC(C2)CC1(CC(=O)OCOc1ccccc1[S+](c1ccccc1)c1ccccc1OCOC(=O)CC12CC4CC(CC(C4)C1C)C2)C3.CC1C2CC3CC(C2)CC1(CC(=O)OCOc1ccccc1[S+](c1ccccc1)c1ccccc1OCOC(=O)CC12CC4CC(CC(C4)C1C)C2)C3.O=S(=O)([O-])C(F)(F)C(F)(F)C(F)(F)C(F)(F)S(=O)(=O)[O-]. The average Bonchev–Trinajstić information content (AvgIpc) is 0.709. The van der Waals surface area contributed by atoms with E-state index in [4.69, 9.17) is 37.9 Å². The first kappa shape index (κ1) is 91.7. The third-order valence-electron chi connectivity index (χ3n) is 31.7. The number of hydrogen-bond donors (Lipinski definition) is 0. The van der Waals surface area contributed by atoms with Crippen LogP contribution in [0.15, 0.2) is 187 Å². The number of carbonyl (C=O) groups is 4. The Bertz CT molecular complexity index is 4590. The molecule has 6 aromatic carbocycles. The zero-order chi connectivity index (χ0) is 89.3. The topological polar surface area (TPSA) is 257 Å². The van der Waals surface area contributed by atoms with Crippen molar-refractivity contribution in [3.63, 3.8) is 0 Å². The predicted molar refractivity (Wildman–Crippen MR) is 448 cm³/mol. The largest absolute Gasteiger partial charge is 0.743 e. The van der Waals surface area contributed by atoms with E-state index in [1.165, 1.54) is 128 Å². The molecule has 682 valence electrons. The van der Waals surface area contributed by atoms with Crippen molar-refractivity contribution in [1.82, 2.24) is 0 Å². The molecule has 16 aliphatic rings. The van der Waals surface area contributed by atoms with Gasteiger partial charge in [-0.15, -0.1) is 0 Å². The second-order valence-corrected chi connectivity index (χ2v) is 45.7. The van der Waals surface area contributed by atoms with Crippen molar-refractivity contribution in [3.05, 3.63) is 158 Å². The molecule has 16 saturated carbocycles. The molecule has 16 aliphatic carbocycles. The van der Waals surface area contributed by atoms with Crippen molar-refractivity contribution in [2.24, 2.45) is 116 Å². The molecule has 12 unspecified atom stereocenters. The highest BCUT2D eigenvalue weighted by Gasteiger charge is 2.85. The van der Waals surface area contributed by atoms with Crippen LogP contribution < -0.4 is 18.9 Å². The van der Waals surface area contributed by atoms with Crippen LogP contribution in [0.2, 0.25) is 0 Å². The Kier molecular flexibility index (Phi) is 26.1. The summed E-state index contributed by atoms with van der Waals surface area (Å²) in [5, 5.41) is -14.6. The van der Waals surface area contributed by atoms with Gasteiger partial charge in [0.1, 0.15) is 21.8 Å². The van der Waals surface area contributed by atoms with Gasteiger partial charge in [0.2, 0.25) is 46.8 Å². The second-order valence-electron chi connectivity index (χ2n) is 39.0. The molecule has 0 aromatic heterocycles. The van der Waals surface area contributed by atoms with Gasteiger partial charge in [0.15, 0.2) is 53.0 Å². The van der Waals surface area contributed by atoms with Gasteiger partial charge in [-0.25, -0.2) is 16.8 Å². The summed E-state index contributed by atoms with van der Waals surface area (Å²) in [5.74, 6) is -1.65. The fraction of sp³-hybridized carbons (Fsp3) is 0.583. The lowest BCUT2D eigenvalue weighted by Gasteiger charge is -2.60. The average molecular weight is 1830 g/mol. The minimum Gasteiger partial charge on any atom is -0.743 e. The molecule has 0 aliphatic heterocycles. The quantitative estimate of drug-likeness (QED) is 0.00978. The number of carbonyl (C=O) groups excluding carboxylic acids is 4. The van der Waals surface area contributed by atoms with Gasteiger partial charge < -0.3 is 47.0 Å². The number of rotatable bonds is 31. The van der Waals surface area contributed by atoms with Crippen molar-refractivity contribution < 1.29 is 118 Å². The number of esters is 4. The molecule has 0 saturated heterocycles. The summed E-state index contributed by atoms with van der Waals surface area (Å²) in [4.78, 5) is 59.5.